The largest absolute Gasteiger partial charge is 0.478 e. The zero-order valence-corrected chi connectivity index (χ0v) is 11.6. The summed E-state index contributed by atoms with van der Waals surface area (Å²) in [5.41, 5.74) is 6.20. The molecule has 6 heteroatoms. The van der Waals surface area contributed by atoms with Crippen molar-refractivity contribution in [2.45, 2.75) is 57.9 Å². The summed E-state index contributed by atoms with van der Waals surface area (Å²) < 4.78 is 5.77. The molecule has 6 nitrogen and oxygen atoms in total. The molecular formula is C13H22N2O4. The van der Waals surface area contributed by atoms with Gasteiger partial charge in [-0.2, -0.15) is 0 Å². The van der Waals surface area contributed by atoms with Crippen LogP contribution in [0.4, 0.5) is 0 Å². The molecular weight excluding hydrogens is 248 g/mol. The highest BCUT2D eigenvalue weighted by atomic mass is 16.5. The Morgan fingerprint density at radius 3 is 2.74 bits per heavy atom. The van der Waals surface area contributed by atoms with E-state index in [4.69, 9.17) is 15.6 Å². The number of carbonyl (C=O) groups is 2. The van der Waals surface area contributed by atoms with Crippen LogP contribution in [0.2, 0.25) is 0 Å². The van der Waals surface area contributed by atoms with E-state index in [9.17, 15) is 9.59 Å². The molecule has 0 radical (unpaired) electrons. The molecule has 0 aromatic rings. The first kappa shape index (κ1) is 15.7. The number of amides is 1. The lowest BCUT2D eigenvalue weighted by molar-refractivity contribution is -0.133. The SMILES string of the molecule is CC[C@H](C)O[C@H]1C=C(C(=O)O)C[C@@H](N)[C@@H]1NC(C)=O. The van der Waals surface area contributed by atoms with Crippen molar-refractivity contribution in [3.8, 4) is 0 Å². The van der Waals surface area contributed by atoms with Gasteiger partial charge in [0.2, 0.25) is 5.91 Å². The van der Waals surface area contributed by atoms with Gasteiger partial charge >= 0.3 is 5.97 Å². The second-order valence-electron chi connectivity index (χ2n) is 4.91. The van der Waals surface area contributed by atoms with E-state index in [-0.39, 0.29) is 24.0 Å². The molecule has 4 N–H and O–H groups in total. The number of carboxylic acids is 1. The van der Waals surface area contributed by atoms with Crippen LogP contribution in [-0.4, -0.2) is 41.3 Å². The number of rotatable bonds is 5. The molecule has 0 aliphatic heterocycles. The van der Waals surface area contributed by atoms with Crippen LogP contribution in [-0.2, 0) is 14.3 Å². The number of nitrogens with two attached hydrogens (primary N) is 1. The Bertz CT molecular complexity index is 381. The first-order chi connectivity index (χ1) is 8.85. The molecule has 108 valence electrons. The minimum atomic E-state index is -0.991. The van der Waals surface area contributed by atoms with E-state index in [1.54, 1.807) is 6.08 Å². The summed E-state index contributed by atoms with van der Waals surface area (Å²) in [5, 5.41) is 11.8. The zero-order chi connectivity index (χ0) is 14.6. The maximum atomic E-state index is 11.2. The van der Waals surface area contributed by atoms with Gasteiger partial charge in [0.05, 0.1) is 18.2 Å². The Balaban J connectivity index is 2.94. The van der Waals surface area contributed by atoms with Crippen LogP contribution in [0.3, 0.4) is 0 Å². The summed E-state index contributed by atoms with van der Waals surface area (Å²) in [6.45, 7) is 5.28. The molecule has 19 heavy (non-hydrogen) atoms. The van der Waals surface area contributed by atoms with Gasteiger partial charge in [0.15, 0.2) is 0 Å². The first-order valence-electron chi connectivity index (χ1n) is 6.47. The van der Waals surface area contributed by atoms with E-state index in [0.717, 1.165) is 6.42 Å². The number of carboxylic acid groups (broad SMARTS) is 1. The van der Waals surface area contributed by atoms with Crippen molar-refractivity contribution in [3.63, 3.8) is 0 Å². The van der Waals surface area contributed by atoms with Gasteiger partial charge in [-0.25, -0.2) is 4.79 Å². The standard InChI is InChI=1S/C13H22N2O4/c1-4-7(2)19-11-6-9(13(17)18)5-10(14)12(11)15-8(3)16/h6-7,10-12H,4-5,14H2,1-3H3,(H,15,16)(H,17,18)/t7-,10+,11-,12-/m0/s1. The van der Waals surface area contributed by atoms with E-state index in [2.05, 4.69) is 5.32 Å². The zero-order valence-electron chi connectivity index (χ0n) is 11.6. The fraction of sp³-hybridized carbons (Fsp3) is 0.692. The van der Waals surface area contributed by atoms with Crippen molar-refractivity contribution < 1.29 is 19.4 Å². The molecule has 0 unspecified atom stereocenters. The molecule has 0 saturated carbocycles. The maximum Gasteiger partial charge on any atom is 0.331 e. The van der Waals surface area contributed by atoms with Crippen LogP contribution >= 0.6 is 0 Å². The summed E-state index contributed by atoms with van der Waals surface area (Å²) in [5.74, 6) is -1.19. The van der Waals surface area contributed by atoms with Gasteiger partial charge in [-0.15, -0.1) is 0 Å². The summed E-state index contributed by atoms with van der Waals surface area (Å²) in [4.78, 5) is 22.3. The molecule has 0 bridgehead atoms. The summed E-state index contributed by atoms with van der Waals surface area (Å²) in [6.07, 6.45) is 2.04. The van der Waals surface area contributed by atoms with E-state index in [1.807, 2.05) is 13.8 Å². The molecule has 4 atom stereocenters. The molecule has 1 rings (SSSR count). The highest BCUT2D eigenvalue weighted by Crippen LogP contribution is 2.22. The lowest BCUT2D eigenvalue weighted by Crippen LogP contribution is -2.56. The lowest BCUT2D eigenvalue weighted by atomic mass is 9.88. The highest BCUT2D eigenvalue weighted by molar-refractivity contribution is 5.87. The van der Waals surface area contributed by atoms with E-state index < -0.39 is 24.2 Å². The maximum absolute atomic E-state index is 11.2. The number of hydrogen-bond donors (Lipinski definition) is 3. The first-order valence-corrected chi connectivity index (χ1v) is 6.47. The average Bonchev–Trinajstić information content (AvgIpc) is 2.32. The number of aliphatic carboxylic acids is 1. The molecule has 1 amide bonds. The van der Waals surface area contributed by atoms with Crippen molar-refractivity contribution in [3.05, 3.63) is 11.6 Å². The van der Waals surface area contributed by atoms with Gasteiger partial charge in [-0.1, -0.05) is 6.92 Å². The Morgan fingerprint density at radius 2 is 2.26 bits per heavy atom. The van der Waals surface area contributed by atoms with Gasteiger partial charge in [0.1, 0.15) is 0 Å². The number of carbonyl (C=O) groups excluding carboxylic acids is 1. The number of hydrogen-bond acceptors (Lipinski definition) is 4. The van der Waals surface area contributed by atoms with Gasteiger partial charge in [0, 0.05) is 18.5 Å². The van der Waals surface area contributed by atoms with Crippen molar-refractivity contribution in [2.75, 3.05) is 0 Å². The van der Waals surface area contributed by atoms with Gasteiger partial charge in [0.25, 0.3) is 0 Å². The Hall–Kier alpha value is -1.40. The Kier molecular flexibility index (Phi) is 5.50. The van der Waals surface area contributed by atoms with Crippen LogP contribution in [0.1, 0.15) is 33.6 Å². The minimum Gasteiger partial charge on any atom is -0.478 e. The van der Waals surface area contributed by atoms with Crippen molar-refractivity contribution >= 4 is 11.9 Å². The Morgan fingerprint density at radius 1 is 1.63 bits per heavy atom. The van der Waals surface area contributed by atoms with E-state index >= 15 is 0 Å². The topological polar surface area (TPSA) is 102 Å². The van der Waals surface area contributed by atoms with E-state index in [0.29, 0.717) is 0 Å². The fourth-order valence-corrected chi connectivity index (χ4v) is 2.07. The van der Waals surface area contributed by atoms with Crippen molar-refractivity contribution in [2.24, 2.45) is 5.73 Å². The van der Waals surface area contributed by atoms with E-state index in [1.165, 1.54) is 6.92 Å². The monoisotopic (exact) mass is 270 g/mol. The molecule has 0 spiro atoms. The van der Waals surface area contributed by atoms with Gasteiger partial charge in [-0.3, -0.25) is 4.79 Å². The predicted octanol–water partition coefficient (Wildman–Crippen LogP) is 0.417. The molecule has 1 aliphatic carbocycles. The smallest absolute Gasteiger partial charge is 0.331 e. The molecule has 0 fully saturated rings. The number of nitrogens with one attached hydrogen (secondary N) is 1. The summed E-state index contributed by atoms with van der Waals surface area (Å²) in [7, 11) is 0. The third-order valence-corrected chi connectivity index (χ3v) is 3.25. The molecule has 0 aromatic carbocycles. The normalized spacial score (nSPS) is 28.4. The molecule has 1 aliphatic rings. The third kappa shape index (κ3) is 4.33. The summed E-state index contributed by atoms with van der Waals surface area (Å²) in [6, 6.07) is -0.858. The van der Waals surface area contributed by atoms with Crippen LogP contribution < -0.4 is 11.1 Å². The predicted molar refractivity (Wildman–Crippen MR) is 70.5 cm³/mol. The minimum absolute atomic E-state index is 0.0298. The van der Waals surface area contributed by atoms with Gasteiger partial charge in [-0.05, 0) is 25.8 Å². The quantitative estimate of drug-likeness (QED) is 0.672. The molecule has 0 saturated heterocycles. The second-order valence-corrected chi connectivity index (χ2v) is 4.91. The van der Waals surface area contributed by atoms with Crippen LogP contribution in [0, 0.1) is 0 Å². The van der Waals surface area contributed by atoms with Crippen LogP contribution in [0.15, 0.2) is 11.6 Å². The summed E-state index contributed by atoms with van der Waals surface area (Å²) >= 11 is 0. The average molecular weight is 270 g/mol. The highest BCUT2D eigenvalue weighted by Gasteiger charge is 2.35. The van der Waals surface area contributed by atoms with Crippen LogP contribution in [0.25, 0.3) is 0 Å². The van der Waals surface area contributed by atoms with Crippen molar-refractivity contribution in [1.82, 2.24) is 5.32 Å². The Labute approximate surface area is 113 Å². The molecule has 0 heterocycles. The van der Waals surface area contributed by atoms with Gasteiger partial charge < -0.3 is 20.9 Å². The van der Waals surface area contributed by atoms with Crippen molar-refractivity contribution in [1.29, 1.82) is 0 Å². The fourth-order valence-electron chi connectivity index (χ4n) is 2.07. The molecule has 0 aromatic heterocycles. The number of ether oxygens (including phenoxy) is 1. The third-order valence-electron chi connectivity index (χ3n) is 3.25. The lowest BCUT2D eigenvalue weighted by Gasteiger charge is -2.35. The van der Waals surface area contributed by atoms with Crippen LogP contribution in [0.5, 0.6) is 0 Å². The second kappa shape index (κ2) is 6.68.